The fourth-order valence-corrected chi connectivity index (χ4v) is 2.82. The highest BCUT2D eigenvalue weighted by atomic mass is 32.1. The fourth-order valence-electron chi connectivity index (χ4n) is 1.75. The molecular formula is C15H12N4O3S2. The molecule has 0 saturated carbocycles. The van der Waals surface area contributed by atoms with Crippen molar-refractivity contribution >= 4 is 44.8 Å². The lowest BCUT2D eigenvalue weighted by molar-refractivity contribution is -0.118. The normalized spacial score (nSPS) is 10.2. The predicted molar refractivity (Wildman–Crippen MR) is 92.7 cm³/mol. The summed E-state index contributed by atoms with van der Waals surface area (Å²) in [7, 11) is 0. The second-order valence-corrected chi connectivity index (χ2v) is 6.28. The van der Waals surface area contributed by atoms with E-state index in [-0.39, 0.29) is 18.4 Å². The highest BCUT2D eigenvalue weighted by Crippen LogP contribution is 2.16. The van der Waals surface area contributed by atoms with Gasteiger partial charge < -0.3 is 4.74 Å². The summed E-state index contributed by atoms with van der Waals surface area (Å²) < 4.78 is 5.38. The topological polar surface area (TPSA) is 93.2 Å². The van der Waals surface area contributed by atoms with E-state index in [1.807, 2.05) is 0 Å². The Labute approximate surface area is 145 Å². The Morgan fingerprint density at radius 1 is 0.958 bits per heavy atom. The summed E-state index contributed by atoms with van der Waals surface area (Å²) in [6.07, 6.45) is 3.23. The molecule has 0 saturated heterocycles. The number of benzene rings is 1. The van der Waals surface area contributed by atoms with Gasteiger partial charge in [0.15, 0.2) is 16.9 Å². The molecular weight excluding hydrogens is 348 g/mol. The SMILES string of the molecule is O=C(COc1ccc(C(=O)Nc2nccs2)cc1)Nc1nccs1. The second kappa shape index (κ2) is 7.66. The number of rotatable bonds is 6. The van der Waals surface area contributed by atoms with Gasteiger partial charge >= 0.3 is 0 Å². The molecule has 3 aromatic rings. The number of ether oxygens (including phenoxy) is 1. The van der Waals surface area contributed by atoms with Gasteiger partial charge in [0, 0.05) is 28.7 Å². The predicted octanol–water partition coefficient (Wildman–Crippen LogP) is 2.87. The molecule has 0 aliphatic carbocycles. The smallest absolute Gasteiger partial charge is 0.264 e. The third-order valence-electron chi connectivity index (χ3n) is 2.82. The Balaban J connectivity index is 1.50. The van der Waals surface area contributed by atoms with Crippen molar-refractivity contribution in [3.8, 4) is 5.75 Å². The Kier molecular flexibility index (Phi) is 5.14. The van der Waals surface area contributed by atoms with Crippen molar-refractivity contribution in [1.82, 2.24) is 9.97 Å². The lowest BCUT2D eigenvalue weighted by Crippen LogP contribution is -2.20. The number of nitrogens with one attached hydrogen (secondary N) is 2. The molecule has 0 unspecified atom stereocenters. The van der Waals surface area contributed by atoms with Crippen LogP contribution in [0, 0.1) is 0 Å². The third-order valence-corrected chi connectivity index (χ3v) is 4.19. The zero-order chi connectivity index (χ0) is 16.8. The molecule has 2 amide bonds. The van der Waals surface area contributed by atoms with E-state index in [0.29, 0.717) is 21.6 Å². The van der Waals surface area contributed by atoms with Gasteiger partial charge in [-0.25, -0.2) is 9.97 Å². The number of hydrogen-bond donors (Lipinski definition) is 2. The number of nitrogens with zero attached hydrogens (tertiary/aromatic N) is 2. The van der Waals surface area contributed by atoms with Gasteiger partial charge in [-0.3, -0.25) is 20.2 Å². The maximum atomic E-state index is 12.0. The van der Waals surface area contributed by atoms with Gasteiger partial charge in [0.1, 0.15) is 5.75 Å². The summed E-state index contributed by atoms with van der Waals surface area (Å²) in [5, 5.41) is 9.93. The van der Waals surface area contributed by atoms with Crippen LogP contribution < -0.4 is 15.4 Å². The first kappa shape index (κ1) is 16.1. The summed E-state index contributed by atoms with van der Waals surface area (Å²) >= 11 is 2.68. The lowest BCUT2D eigenvalue weighted by Gasteiger charge is -2.07. The molecule has 2 aromatic heterocycles. The summed E-state index contributed by atoms with van der Waals surface area (Å²) in [6.45, 7) is -0.135. The minimum atomic E-state index is -0.296. The van der Waals surface area contributed by atoms with E-state index in [1.54, 1.807) is 47.4 Å². The van der Waals surface area contributed by atoms with Gasteiger partial charge in [-0.15, -0.1) is 22.7 Å². The lowest BCUT2D eigenvalue weighted by atomic mass is 10.2. The van der Waals surface area contributed by atoms with Crippen molar-refractivity contribution in [3.63, 3.8) is 0 Å². The molecule has 0 radical (unpaired) electrons. The van der Waals surface area contributed by atoms with Crippen LogP contribution in [0.2, 0.25) is 0 Å². The average Bonchev–Trinajstić information content (AvgIpc) is 3.27. The highest BCUT2D eigenvalue weighted by Gasteiger charge is 2.09. The van der Waals surface area contributed by atoms with E-state index in [9.17, 15) is 9.59 Å². The molecule has 0 aliphatic heterocycles. The second-order valence-electron chi connectivity index (χ2n) is 4.49. The van der Waals surface area contributed by atoms with Crippen molar-refractivity contribution < 1.29 is 14.3 Å². The van der Waals surface area contributed by atoms with Crippen molar-refractivity contribution in [2.45, 2.75) is 0 Å². The minimum absolute atomic E-state index is 0.135. The van der Waals surface area contributed by atoms with Gasteiger partial charge in [-0.05, 0) is 24.3 Å². The van der Waals surface area contributed by atoms with Crippen LogP contribution in [-0.4, -0.2) is 28.4 Å². The van der Waals surface area contributed by atoms with E-state index in [4.69, 9.17) is 4.74 Å². The van der Waals surface area contributed by atoms with Crippen LogP contribution in [0.1, 0.15) is 10.4 Å². The molecule has 0 fully saturated rings. The first-order valence-corrected chi connectivity index (χ1v) is 8.60. The zero-order valence-electron chi connectivity index (χ0n) is 12.3. The summed E-state index contributed by atoms with van der Waals surface area (Å²) in [5.74, 6) is -0.0522. The van der Waals surface area contributed by atoms with E-state index < -0.39 is 0 Å². The van der Waals surface area contributed by atoms with Crippen molar-refractivity contribution in [3.05, 3.63) is 53.0 Å². The molecule has 1 aromatic carbocycles. The molecule has 2 heterocycles. The Bertz CT molecular complexity index is 802. The van der Waals surface area contributed by atoms with Crippen LogP contribution in [0.25, 0.3) is 0 Å². The molecule has 7 nitrogen and oxygen atoms in total. The van der Waals surface area contributed by atoms with Gasteiger partial charge in [-0.2, -0.15) is 0 Å². The Morgan fingerprint density at radius 3 is 2.17 bits per heavy atom. The molecule has 3 rings (SSSR count). The number of carbonyl (C=O) groups excluding carboxylic acids is 2. The van der Waals surface area contributed by atoms with Crippen LogP contribution in [-0.2, 0) is 4.79 Å². The van der Waals surface area contributed by atoms with E-state index in [1.165, 1.54) is 22.7 Å². The van der Waals surface area contributed by atoms with E-state index >= 15 is 0 Å². The number of amides is 2. The molecule has 122 valence electrons. The van der Waals surface area contributed by atoms with Crippen LogP contribution in [0.4, 0.5) is 10.3 Å². The molecule has 2 N–H and O–H groups in total. The quantitative estimate of drug-likeness (QED) is 0.705. The van der Waals surface area contributed by atoms with Gasteiger partial charge in [0.05, 0.1) is 0 Å². The molecule has 24 heavy (non-hydrogen) atoms. The van der Waals surface area contributed by atoms with Crippen molar-refractivity contribution in [2.24, 2.45) is 0 Å². The molecule has 0 bridgehead atoms. The number of aromatic nitrogens is 2. The van der Waals surface area contributed by atoms with Gasteiger partial charge in [0.25, 0.3) is 11.8 Å². The summed E-state index contributed by atoms with van der Waals surface area (Å²) in [4.78, 5) is 31.7. The maximum absolute atomic E-state index is 12.0. The molecule has 0 spiro atoms. The largest absolute Gasteiger partial charge is 0.484 e. The summed E-state index contributed by atoms with van der Waals surface area (Å²) in [6, 6.07) is 6.51. The van der Waals surface area contributed by atoms with Crippen LogP contribution in [0.3, 0.4) is 0 Å². The fraction of sp³-hybridized carbons (Fsp3) is 0.0667. The molecule has 0 aliphatic rings. The summed E-state index contributed by atoms with van der Waals surface area (Å²) in [5.41, 5.74) is 0.477. The highest BCUT2D eigenvalue weighted by molar-refractivity contribution is 7.14. The van der Waals surface area contributed by atoms with Crippen molar-refractivity contribution in [2.75, 3.05) is 17.2 Å². The number of carbonyl (C=O) groups is 2. The Hall–Kier alpha value is -2.78. The third kappa shape index (κ3) is 4.37. The van der Waals surface area contributed by atoms with E-state index in [2.05, 4.69) is 20.6 Å². The first-order valence-electron chi connectivity index (χ1n) is 6.84. The van der Waals surface area contributed by atoms with Crippen molar-refractivity contribution in [1.29, 1.82) is 0 Å². The standard InChI is InChI=1S/C15H12N4O3S2/c20-12(18-14-16-5-7-23-14)9-22-11-3-1-10(2-4-11)13(21)19-15-17-6-8-24-15/h1-8H,9H2,(H,16,18,20)(H,17,19,21). The van der Waals surface area contributed by atoms with Gasteiger partial charge in [-0.1, -0.05) is 0 Å². The van der Waals surface area contributed by atoms with Crippen LogP contribution in [0.5, 0.6) is 5.75 Å². The monoisotopic (exact) mass is 360 g/mol. The molecule has 0 atom stereocenters. The first-order chi connectivity index (χ1) is 11.7. The Morgan fingerprint density at radius 2 is 1.58 bits per heavy atom. The average molecular weight is 360 g/mol. The van der Waals surface area contributed by atoms with Gasteiger partial charge in [0.2, 0.25) is 0 Å². The number of hydrogen-bond acceptors (Lipinski definition) is 7. The number of thiazole rings is 2. The zero-order valence-corrected chi connectivity index (χ0v) is 13.9. The van der Waals surface area contributed by atoms with Crippen LogP contribution >= 0.6 is 22.7 Å². The number of anilines is 2. The maximum Gasteiger partial charge on any atom is 0.264 e. The van der Waals surface area contributed by atoms with Crippen LogP contribution in [0.15, 0.2) is 47.4 Å². The minimum Gasteiger partial charge on any atom is -0.484 e. The molecule has 9 heteroatoms. The van der Waals surface area contributed by atoms with E-state index in [0.717, 1.165) is 0 Å².